The second kappa shape index (κ2) is 11.6. The molecule has 1 aromatic carbocycles. The lowest BCUT2D eigenvalue weighted by Gasteiger charge is -2.39. The minimum absolute atomic E-state index is 0.0625. The zero-order valence-electron chi connectivity index (χ0n) is 25.4. The average Bonchev–Trinajstić information content (AvgIpc) is 3.62. The normalized spacial score (nSPS) is 37.5. The molecule has 9 nitrogen and oxygen atoms in total. The highest BCUT2D eigenvalue weighted by molar-refractivity contribution is 6.02. The van der Waals surface area contributed by atoms with E-state index in [1.165, 1.54) is 12.8 Å². The Morgan fingerprint density at radius 3 is 2.55 bits per heavy atom. The maximum Gasteiger partial charge on any atom is 0.246 e. The van der Waals surface area contributed by atoms with E-state index in [9.17, 15) is 14.4 Å². The number of fused-ring (bicyclic) bond motifs is 1. The van der Waals surface area contributed by atoms with Gasteiger partial charge in [-0.15, -0.1) is 0 Å². The molecular weight excluding hydrogens is 532 g/mol. The second-order valence-electron chi connectivity index (χ2n) is 13.2. The first kappa shape index (κ1) is 29.2. The van der Waals surface area contributed by atoms with E-state index in [-0.39, 0.29) is 23.8 Å². The van der Waals surface area contributed by atoms with Gasteiger partial charge in [-0.2, -0.15) is 0 Å². The Morgan fingerprint density at radius 1 is 1.02 bits per heavy atom. The minimum Gasteiger partial charge on any atom is -0.497 e. The van der Waals surface area contributed by atoms with Crippen LogP contribution in [0.4, 0.5) is 5.69 Å². The molecule has 1 saturated carbocycles. The number of ether oxygens (including phenoxy) is 2. The summed E-state index contributed by atoms with van der Waals surface area (Å²) in [5.74, 6) is -0.475. The van der Waals surface area contributed by atoms with E-state index in [0.717, 1.165) is 32.2 Å². The Hall–Kier alpha value is -2.91. The van der Waals surface area contributed by atoms with Crippen LogP contribution in [0.3, 0.4) is 0 Å². The number of anilines is 1. The van der Waals surface area contributed by atoms with Gasteiger partial charge in [0.05, 0.1) is 25.0 Å². The molecule has 4 heterocycles. The molecule has 9 heteroatoms. The number of rotatable bonds is 8. The van der Waals surface area contributed by atoms with Crippen LogP contribution in [0, 0.1) is 23.7 Å². The Morgan fingerprint density at radius 2 is 1.81 bits per heavy atom. The predicted octanol–water partition coefficient (Wildman–Crippen LogP) is 3.60. The molecule has 4 fully saturated rings. The minimum atomic E-state index is -1.15. The summed E-state index contributed by atoms with van der Waals surface area (Å²) >= 11 is 0. The highest BCUT2D eigenvalue weighted by atomic mass is 16.5. The summed E-state index contributed by atoms with van der Waals surface area (Å²) in [5, 5.41) is 6.34. The molecule has 1 aliphatic carbocycles. The van der Waals surface area contributed by atoms with Gasteiger partial charge in [0.25, 0.3) is 0 Å². The number of likely N-dealkylation sites (tertiary alicyclic amines) is 2. The first-order valence-corrected chi connectivity index (χ1v) is 15.9. The van der Waals surface area contributed by atoms with Gasteiger partial charge in [0.2, 0.25) is 17.7 Å². The number of carbonyl (C=O) groups excluding carboxylic acids is 3. The lowest BCUT2D eigenvalue weighted by molar-refractivity contribution is -0.142. The molecule has 228 valence electrons. The van der Waals surface area contributed by atoms with Crippen LogP contribution in [-0.2, 0) is 19.1 Å². The summed E-state index contributed by atoms with van der Waals surface area (Å²) in [7, 11) is 1.59. The third-order valence-corrected chi connectivity index (χ3v) is 10.9. The number of nitrogens with one attached hydrogen (secondary N) is 2. The van der Waals surface area contributed by atoms with Crippen LogP contribution in [0.25, 0.3) is 0 Å². The quantitative estimate of drug-likeness (QED) is 0.458. The molecule has 1 aromatic rings. The first-order chi connectivity index (χ1) is 20.2. The predicted molar refractivity (Wildman–Crippen MR) is 160 cm³/mol. The number of benzene rings is 1. The van der Waals surface area contributed by atoms with Crippen molar-refractivity contribution in [2.24, 2.45) is 23.7 Å². The highest BCUT2D eigenvalue weighted by Gasteiger charge is 2.72. The maximum absolute atomic E-state index is 14.3. The van der Waals surface area contributed by atoms with E-state index in [4.69, 9.17) is 9.47 Å². The molecule has 6 rings (SSSR count). The van der Waals surface area contributed by atoms with Gasteiger partial charge in [-0.3, -0.25) is 19.3 Å². The van der Waals surface area contributed by atoms with Crippen LogP contribution >= 0.6 is 0 Å². The average molecular weight is 579 g/mol. The summed E-state index contributed by atoms with van der Waals surface area (Å²) in [4.78, 5) is 46.5. The molecule has 5 aliphatic rings. The SMILES string of the molecule is COc1ccc(NC(=O)[C@@H]2[C@@H]3C=C[C@]4(O3)[C@@H]2C(=O)N(CCN2CCCC[C@H]2C)[C@H]4C(=O)N[C@@H]2CCC[C@H](C)[C@@H]2C)cc1. The third-order valence-electron chi connectivity index (χ3n) is 10.9. The van der Waals surface area contributed by atoms with Gasteiger partial charge in [0.1, 0.15) is 17.4 Å². The van der Waals surface area contributed by atoms with Crippen LogP contribution in [0.15, 0.2) is 36.4 Å². The zero-order valence-corrected chi connectivity index (χ0v) is 25.4. The fourth-order valence-corrected chi connectivity index (χ4v) is 8.18. The highest BCUT2D eigenvalue weighted by Crippen LogP contribution is 2.55. The summed E-state index contributed by atoms with van der Waals surface area (Å²) in [5.41, 5.74) is -0.525. The smallest absolute Gasteiger partial charge is 0.246 e. The molecule has 2 N–H and O–H groups in total. The Balaban J connectivity index is 1.27. The first-order valence-electron chi connectivity index (χ1n) is 15.9. The van der Waals surface area contributed by atoms with Gasteiger partial charge in [0.15, 0.2) is 0 Å². The molecule has 3 saturated heterocycles. The van der Waals surface area contributed by atoms with Crippen molar-refractivity contribution in [1.29, 1.82) is 0 Å². The summed E-state index contributed by atoms with van der Waals surface area (Å²) in [6, 6.07) is 6.83. The Bertz CT molecular complexity index is 1220. The van der Waals surface area contributed by atoms with E-state index < -0.39 is 29.6 Å². The van der Waals surface area contributed by atoms with E-state index in [0.29, 0.717) is 42.4 Å². The molecule has 1 spiro atoms. The molecule has 42 heavy (non-hydrogen) atoms. The molecule has 0 aromatic heterocycles. The van der Waals surface area contributed by atoms with E-state index >= 15 is 0 Å². The molecule has 3 amide bonds. The van der Waals surface area contributed by atoms with Gasteiger partial charge in [-0.1, -0.05) is 45.3 Å². The number of piperidine rings is 1. The number of amides is 3. The fourth-order valence-electron chi connectivity index (χ4n) is 8.18. The van der Waals surface area contributed by atoms with Gasteiger partial charge < -0.3 is 25.0 Å². The number of nitrogens with zero attached hydrogens (tertiary/aromatic N) is 2. The lowest BCUT2D eigenvalue weighted by atomic mass is 9.73. The van der Waals surface area contributed by atoms with Gasteiger partial charge in [0, 0.05) is 30.9 Å². The van der Waals surface area contributed by atoms with Crippen LogP contribution < -0.4 is 15.4 Å². The second-order valence-corrected chi connectivity index (χ2v) is 13.2. The van der Waals surface area contributed by atoms with Crippen LogP contribution in [0.2, 0.25) is 0 Å². The zero-order chi connectivity index (χ0) is 29.6. The van der Waals surface area contributed by atoms with Gasteiger partial charge in [-0.05, 0) is 68.8 Å². The van der Waals surface area contributed by atoms with Crippen LogP contribution in [0.5, 0.6) is 5.75 Å². The van der Waals surface area contributed by atoms with Crippen molar-refractivity contribution in [2.75, 3.05) is 32.1 Å². The molecule has 9 atom stereocenters. The van der Waals surface area contributed by atoms with Crippen molar-refractivity contribution in [1.82, 2.24) is 15.1 Å². The Kier molecular flexibility index (Phi) is 8.09. The lowest BCUT2D eigenvalue weighted by Crippen LogP contribution is -2.58. The molecule has 2 bridgehead atoms. The molecular formula is C33H46N4O5. The summed E-state index contributed by atoms with van der Waals surface area (Å²) in [6.45, 7) is 8.83. The third kappa shape index (κ3) is 5.02. The van der Waals surface area contributed by atoms with E-state index in [1.807, 2.05) is 12.2 Å². The van der Waals surface area contributed by atoms with Gasteiger partial charge in [-0.25, -0.2) is 0 Å². The monoisotopic (exact) mass is 578 g/mol. The number of hydrogen-bond acceptors (Lipinski definition) is 6. The van der Waals surface area contributed by atoms with Crippen LogP contribution in [0.1, 0.15) is 59.3 Å². The molecule has 4 aliphatic heterocycles. The Labute approximate surface area is 249 Å². The fraction of sp³-hybridized carbons (Fsp3) is 0.667. The standard InChI is InChI=1S/C33H46N4O5/c1-20-8-7-10-25(22(20)3)35-31(39)29-33-16-15-26(42-33)27(30(38)34-23-11-13-24(41-4)14-12-23)28(33)32(40)37(29)19-18-36-17-6-5-9-21(36)2/h11-16,20-22,25-29H,5-10,17-19H2,1-4H3,(H,34,38)(H,35,39)/t20-,21+,22-,25+,26-,27+,28-,29-,33-/m0/s1. The summed E-state index contributed by atoms with van der Waals surface area (Å²) in [6.07, 6.45) is 9.92. The largest absolute Gasteiger partial charge is 0.497 e. The number of methoxy groups -OCH3 is 1. The number of carbonyl (C=O) groups is 3. The topological polar surface area (TPSA) is 100 Å². The number of hydrogen-bond donors (Lipinski definition) is 2. The molecule has 0 unspecified atom stereocenters. The van der Waals surface area contributed by atoms with Crippen LogP contribution in [-0.4, -0.2) is 84.1 Å². The van der Waals surface area contributed by atoms with E-state index in [2.05, 4.69) is 36.3 Å². The van der Waals surface area contributed by atoms with Crippen molar-refractivity contribution in [3.8, 4) is 5.75 Å². The van der Waals surface area contributed by atoms with E-state index in [1.54, 1.807) is 36.3 Å². The van der Waals surface area contributed by atoms with Crippen molar-refractivity contribution >= 4 is 23.4 Å². The maximum atomic E-state index is 14.3. The van der Waals surface area contributed by atoms with Crippen molar-refractivity contribution < 1.29 is 23.9 Å². The molecule has 0 radical (unpaired) electrons. The van der Waals surface area contributed by atoms with Crippen molar-refractivity contribution in [2.45, 2.75) is 89.1 Å². The summed E-state index contributed by atoms with van der Waals surface area (Å²) < 4.78 is 11.8. The van der Waals surface area contributed by atoms with Crippen molar-refractivity contribution in [3.63, 3.8) is 0 Å². The van der Waals surface area contributed by atoms with Crippen molar-refractivity contribution in [3.05, 3.63) is 36.4 Å². The van der Waals surface area contributed by atoms with Gasteiger partial charge >= 0.3 is 0 Å².